The first-order valence-corrected chi connectivity index (χ1v) is 8.29. The molecule has 7 heteroatoms. The van der Waals surface area contributed by atoms with Gasteiger partial charge < -0.3 is 19.6 Å². The van der Waals surface area contributed by atoms with E-state index in [2.05, 4.69) is 9.97 Å². The van der Waals surface area contributed by atoms with Crippen LogP contribution in [0.1, 0.15) is 28.7 Å². The Balaban J connectivity index is 1.66. The molecule has 0 unspecified atom stereocenters. The van der Waals surface area contributed by atoms with Crippen LogP contribution in [0, 0.1) is 0 Å². The Labute approximate surface area is 155 Å². The molecule has 7 nitrogen and oxygen atoms in total. The van der Waals surface area contributed by atoms with Crippen LogP contribution in [0.3, 0.4) is 0 Å². The summed E-state index contributed by atoms with van der Waals surface area (Å²) in [6, 6.07) is 12.4. The zero-order valence-electron chi connectivity index (χ0n) is 14.6. The zero-order chi connectivity index (χ0) is 19.2. The van der Waals surface area contributed by atoms with Crippen LogP contribution in [0.25, 0.3) is 23.2 Å². The van der Waals surface area contributed by atoms with E-state index in [4.69, 9.17) is 9.47 Å². The van der Waals surface area contributed by atoms with Gasteiger partial charge in [0, 0.05) is 6.92 Å². The predicted molar refractivity (Wildman–Crippen MR) is 101 cm³/mol. The number of aromatic carboxylic acids is 1. The Hall–Kier alpha value is -3.61. The lowest BCUT2D eigenvalue weighted by molar-refractivity contribution is -0.141. The molecule has 3 aromatic rings. The molecule has 0 bridgehead atoms. The maximum Gasteiger partial charge on any atom is 0.337 e. The van der Waals surface area contributed by atoms with Crippen molar-refractivity contribution in [3.05, 3.63) is 59.4 Å². The first-order chi connectivity index (χ1) is 13.0. The number of carbonyl (C=O) groups is 2. The monoisotopic (exact) mass is 366 g/mol. The maximum absolute atomic E-state index is 11.3. The summed E-state index contributed by atoms with van der Waals surface area (Å²) < 4.78 is 10.3. The molecule has 2 N–H and O–H groups in total. The van der Waals surface area contributed by atoms with Gasteiger partial charge in [0.05, 0.1) is 11.1 Å². The van der Waals surface area contributed by atoms with E-state index in [-0.39, 0.29) is 18.1 Å². The van der Waals surface area contributed by atoms with Crippen LogP contribution >= 0.6 is 0 Å². The fourth-order valence-corrected chi connectivity index (χ4v) is 2.50. The molecular formula is C20H18N2O5. The molecule has 0 radical (unpaired) electrons. The van der Waals surface area contributed by atoms with Crippen molar-refractivity contribution in [1.82, 2.24) is 9.97 Å². The number of nitrogens with one attached hydrogen (secondary N) is 1. The van der Waals surface area contributed by atoms with Crippen molar-refractivity contribution < 1.29 is 24.2 Å². The molecule has 0 aliphatic carbocycles. The summed E-state index contributed by atoms with van der Waals surface area (Å²) in [4.78, 5) is 29.4. The molecule has 0 atom stereocenters. The zero-order valence-corrected chi connectivity index (χ0v) is 14.6. The third-order valence-corrected chi connectivity index (χ3v) is 3.73. The Morgan fingerprint density at radius 1 is 1.11 bits per heavy atom. The van der Waals surface area contributed by atoms with Crippen molar-refractivity contribution in [3.63, 3.8) is 0 Å². The number of rotatable bonds is 7. The second kappa shape index (κ2) is 8.18. The van der Waals surface area contributed by atoms with Gasteiger partial charge in [-0.2, -0.15) is 0 Å². The second-order valence-corrected chi connectivity index (χ2v) is 5.72. The molecule has 27 heavy (non-hydrogen) atoms. The third kappa shape index (κ3) is 4.72. The molecule has 1 heterocycles. The maximum atomic E-state index is 11.3. The van der Waals surface area contributed by atoms with E-state index in [1.807, 2.05) is 30.3 Å². The number of para-hydroxylation sites is 1. The van der Waals surface area contributed by atoms with Crippen molar-refractivity contribution in [2.45, 2.75) is 6.92 Å². The Kier molecular flexibility index (Phi) is 5.51. The summed E-state index contributed by atoms with van der Waals surface area (Å²) in [6.45, 7) is 1.85. The number of nitrogens with zero attached hydrogens (tertiary/aromatic N) is 1. The van der Waals surface area contributed by atoms with Crippen LogP contribution in [0.5, 0.6) is 5.75 Å². The fourth-order valence-electron chi connectivity index (χ4n) is 2.50. The van der Waals surface area contributed by atoms with Crippen molar-refractivity contribution in [1.29, 1.82) is 0 Å². The van der Waals surface area contributed by atoms with Gasteiger partial charge in [0.1, 0.15) is 30.3 Å². The average molecular weight is 366 g/mol. The number of benzene rings is 2. The summed E-state index contributed by atoms with van der Waals surface area (Å²) in [5, 5.41) is 9.22. The van der Waals surface area contributed by atoms with Crippen molar-refractivity contribution >= 4 is 35.1 Å². The van der Waals surface area contributed by atoms with Gasteiger partial charge in [-0.1, -0.05) is 24.3 Å². The van der Waals surface area contributed by atoms with Crippen molar-refractivity contribution in [2.75, 3.05) is 13.2 Å². The normalized spacial score (nSPS) is 11.0. The lowest BCUT2D eigenvalue weighted by atomic mass is 10.2. The van der Waals surface area contributed by atoms with E-state index >= 15 is 0 Å². The molecule has 0 aliphatic heterocycles. The summed E-state index contributed by atoms with van der Waals surface area (Å²) in [5.74, 6) is -0.0957. The van der Waals surface area contributed by atoms with E-state index in [1.54, 1.807) is 18.2 Å². The Morgan fingerprint density at radius 3 is 2.59 bits per heavy atom. The summed E-state index contributed by atoms with van der Waals surface area (Å²) in [7, 11) is 0. The molecule has 1 aromatic heterocycles. The van der Waals surface area contributed by atoms with Gasteiger partial charge in [0.25, 0.3) is 0 Å². The SMILES string of the molecule is CC(=O)OCCOc1ccc(/C=C/c2nc3c(C(=O)O)cccc3[nH]2)cc1. The minimum Gasteiger partial charge on any atom is -0.490 e. The van der Waals surface area contributed by atoms with E-state index in [9.17, 15) is 14.7 Å². The average Bonchev–Trinajstić information content (AvgIpc) is 3.07. The number of fused-ring (bicyclic) bond motifs is 1. The van der Waals surface area contributed by atoms with E-state index in [1.165, 1.54) is 13.0 Å². The number of H-pyrrole nitrogens is 1. The number of ether oxygens (including phenoxy) is 2. The number of aromatic amines is 1. The van der Waals surface area contributed by atoms with Crippen molar-refractivity contribution in [2.24, 2.45) is 0 Å². The highest BCUT2D eigenvalue weighted by Crippen LogP contribution is 2.18. The van der Waals surface area contributed by atoms with Crippen LogP contribution < -0.4 is 4.74 Å². The minimum atomic E-state index is -1.01. The number of carbonyl (C=O) groups excluding carboxylic acids is 1. The minimum absolute atomic E-state index is 0.165. The van der Waals surface area contributed by atoms with Gasteiger partial charge in [-0.15, -0.1) is 0 Å². The highest BCUT2D eigenvalue weighted by molar-refractivity contribution is 6.01. The lowest BCUT2D eigenvalue weighted by Gasteiger charge is -2.06. The first-order valence-electron chi connectivity index (χ1n) is 8.29. The van der Waals surface area contributed by atoms with Gasteiger partial charge in [-0.3, -0.25) is 4.79 Å². The molecule has 0 saturated heterocycles. The van der Waals surface area contributed by atoms with Crippen molar-refractivity contribution in [3.8, 4) is 5.75 Å². The molecule has 3 rings (SSSR count). The summed E-state index contributed by atoms with van der Waals surface area (Å²) in [6.07, 6.45) is 3.64. The molecule has 0 saturated carbocycles. The van der Waals surface area contributed by atoms with Gasteiger partial charge in [-0.25, -0.2) is 9.78 Å². The Morgan fingerprint density at radius 2 is 1.89 bits per heavy atom. The van der Waals surface area contributed by atoms with Crippen LogP contribution in [0.15, 0.2) is 42.5 Å². The highest BCUT2D eigenvalue weighted by atomic mass is 16.6. The van der Waals surface area contributed by atoms with E-state index < -0.39 is 5.97 Å². The Bertz CT molecular complexity index is 989. The van der Waals surface area contributed by atoms with Gasteiger partial charge in [-0.05, 0) is 35.9 Å². The second-order valence-electron chi connectivity index (χ2n) is 5.72. The summed E-state index contributed by atoms with van der Waals surface area (Å²) >= 11 is 0. The largest absolute Gasteiger partial charge is 0.490 e. The standard InChI is InChI=1S/C20H18N2O5/c1-13(23)26-11-12-27-15-8-5-14(6-9-15)7-10-18-21-17-4-2-3-16(20(24)25)19(17)22-18/h2-10H,11-12H2,1H3,(H,21,22)(H,24,25)/b10-7+. The summed E-state index contributed by atoms with van der Waals surface area (Å²) in [5.41, 5.74) is 2.20. The molecule has 138 valence electrons. The number of hydrogen-bond donors (Lipinski definition) is 2. The molecule has 0 spiro atoms. The number of carboxylic acids is 1. The van der Waals surface area contributed by atoms with Crippen LogP contribution in [0.4, 0.5) is 0 Å². The first kappa shape index (κ1) is 18.2. The predicted octanol–water partition coefficient (Wildman–Crippen LogP) is 3.37. The quantitative estimate of drug-likeness (QED) is 0.491. The van der Waals surface area contributed by atoms with Gasteiger partial charge in [0.2, 0.25) is 0 Å². The third-order valence-electron chi connectivity index (χ3n) is 3.73. The molecule has 0 amide bonds. The number of carboxylic acid groups (broad SMARTS) is 1. The highest BCUT2D eigenvalue weighted by Gasteiger charge is 2.11. The van der Waals surface area contributed by atoms with Crippen LogP contribution in [-0.4, -0.2) is 40.2 Å². The smallest absolute Gasteiger partial charge is 0.337 e. The molecule has 0 aliphatic rings. The topological polar surface area (TPSA) is 102 Å². The number of hydrogen-bond acceptors (Lipinski definition) is 5. The lowest BCUT2D eigenvalue weighted by Crippen LogP contribution is -2.09. The number of aromatic nitrogens is 2. The van der Waals surface area contributed by atoms with Gasteiger partial charge >= 0.3 is 11.9 Å². The fraction of sp³-hybridized carbons (Fsp3) is 0.150. The van der Waals surface area contributed by atoms with E-state index in [0.717, 1.165) is 5.56 Å². The number of esters is 1. The molecular weight excluding hydrogens is 348 g/mol. The molecule has 2 aromatic carbocycles. The van der Waals surface area contributed by atoms with Crippen LogP contribution in [0.2, 0.25) is 0 Å². The number of imidazole rings is 1. The van der Waals surface area contributed by atoms with Crippen LogP contribution in [-0.2, 0) is 9.53 Å². The van der Waals surface area contributed by atoms with Gasteiger partial charge in [0.15, 0.2) is 0 Å². The molecule has 0 fully saturated rings. The van der Waals surface area contributed by atoms with E-state index in [0.29, 0.717) is 29.2 Å².